The Morgan fingerprint density at radius 1 is 0.941 bits per heavy atom. The molecule has 3 aromatic rings. The smallest absolute Gasteiger partial charge is 0.257 e. The van der Waals surface area contributed by atoms with E-state index < -0.39 is 21.8 Å². The Balaban J connectivity index is 1.54. The number of nitrogens with zero attached hydrogens (tertiary/aromatic N) is 1. The predicted octanol–water partition coefficient (Wildman–Crippen LogP) is 4.29. The van der Waals surface area contributed by atoms with Gasteiger partial charge in [0.2, 0.25) is 10.0 Å². The fourth-order valence-corrected chi connectivity index (χ4v) is 5.50. The van der Waals surface area contributed by atoms with E-state index in [9.17, 15) is 18.0 Å². The molecule has 1 aliphatic heterocycles. The monoisotopic (exact) mass is 501 g/mol. The third kappa shape index (κ3) is 5.32. The average Bonchev–Trinajstić information content (AvgIpc) is 3.37. The molecule has 178 valence electrons. The molecule has 2 amide bonds. The summed E-state index contributed by atoms with van der Waals surface area (Å²) in [6, 6.07) is 14.1. The van der Waals surface area contributed by atoms with Gasteiger partial charge in [-0.05, 0) is 55.3 Å². The van der Waals surface area contributed by atoms with E-state index in [2.05, 4.69) is 10.6 Å². The lowest BCUT2D eigenvalue weighted by Gasteiger charge is -2.26. The van der Waals surface area contributed by atoms with Gasteiger partial charge in [0.15, 0.2) is 0 Å². The summed E-state index contributed by atoms with van der Waals surface area (Å²) in [4.78, 5) is 25.8. The van der Waals surface area contributed by atoms with Gasteiger partial charge >= 0.3 is 0 Å². The van der Waals surface area contributed by atoms with E-state index in [1.54, 1.807) is 36.4 Å². The lowest BCUT2D eigenvalue weighted by molar-refractivity contribution is 0.0949. The Kier molecular flexibility index (Phi) is 7.35. The van der Waals surface area contributed by atoms with Crippen LogP contribution in [0.4, 0.5) is 5.69 Å². The van der Waals surface area contributed by atoms with Crippen LogP contribution in [0.3, 0.4) is 0 Å². The van der Waals surface area contributed by atoms with Gasteiger partial charge < -0.3 is 15.1 Å². The van der Waals surface area contributed by atoms with Crippen LogP contribution in [0.2, 0.25) is 5.02 Å². The van der Waals surface area contributed by atoms with Crippen molar-refractivity contribution < 1.29 is 22.4 Å². The fraction of sp³-hybridized carbons (Fsp3) is 0.250. The van der Waals surface area contributed by atoms with E-state index in [1.165, 1.54) is 28.8 Å². The third-order valence-electron chi connectivity index (χ3n) is 5.56. The summed E-state index contributed by atoms with van der Waals surface area (Å²) in [5, 5.41) is 5.53. The number of nitrogens with one attached hydrogen (secondary N) is 2. The summed E-state index contributed by atoms with van der Waals surface area (Å²) < 4.78 is 32.7. The van der Waals surface area contributed by atoms with Crippen molar-refractivity contribution in [1.82, 2.24) is 9.62 Å². The van der Waals surface area contributed by atoms with E-state index in [1.807, 2.05) is 0 Å². The highest BCUT2D eigenvalue weighted by Gasteiger charge is 2.27. The molecule has 1 saturated heterocycles. The molecule has 1 fully saturated rings. The van der Waals surface area contributed by atoms with Crippen LogP contribution < -0.4 is 10.6 Å². The lowest BCUT2D eigenvalue weighted by Crippen LogP contribution is -2.35. The molecular formula is C24H24ClN3O5S. The highest BCUT2D eigenvalue weighted by molar-refractivity contribution is 7.89. The van der Waals surface area contributed by atoms with Crippen molar-refractivity contribution >= 4 is 39.1 Å². The number of furan rings is 1. The minimum absolute atomic E-state index is 0.00514. The predicted molar refractivity (Wildman–Crippen MR) is 128 cm³/mol. The second kappa shape index (κ2) is 10.4. The van der Waals surface area contributed by atoms with Gasteiger partial charge in [0, 0.05) is 13.1 Å². The standard InChI is InChI=1S/C24H24ClN3O5S/c25-21-11-10-18(34(31,32)28-12-4-1-5-13-28)15-20(21)24(30)27-22-9-3-2-8-19(22)23(29)26-16-17-7-6-14-33-17/h2-3,6-11,14-15H,1,4-5,12-13,16H2,(H,26,29)(H,27,30). The fourth-order valence-electron chi connectivity index (χ4n) is 3.75. The maximum atomic E-state index is 13.1. The van der Waals surface area contributed by atoms with E-state index >= 15 is 0 Å². The number of piperidine rings is 1. The molecule has 0 saturated carbocycles. The Labute approximate surface area is 203 Å². The second-order valence-electron chi connectivity index (χ2n) is 7.87. The zero-order valence-corrected chi connectivity index (χ0v) is 19.9. The van der Waals surface area contributed by atoms with Gasteiger partial charge in [0.1, 0.15) is 5.76 Å². The molecule has 0 aliphatic carbocycles. The number of halogens is 1. The first-order valence-electron chi connectivity index (χ1n) is 10.9. The van der Waals surface area contributed by atoms with Gasteiger partial charge in [-0.3, -0.25) is 9.59 Å². The number of anilines is 1. The van der Waals surface area contributed by atoms with Crippen molar-refractivity contribution in [1.29, 1.82) is 0 Å². The molecule has 34 heavy (non-hydrogen) atoms. The van der Waals surface area contributed by atoms with Crippen LogP contribution in [0.1, 0.15) is 45.7 Å². The SMILES string of the molecule is O=C(Nc1ccccc1C(=O)NCc1ccco1)c1cc(S(=O)(=O)N2CCCCC2)ccc1Cl. The van der Waals surface area contributed by atoms with Gasteiger partial charge in [0.25, 0.3) is 11.8 Å². The van der Waals surface area contributed by atoms with Gasteiger partial charge in [-0.25, -0.2) is 8.42 Å². The Morgan fingerprint density at radius 2 is 1.71 bits per heavy atom. The minimum Gasteiger partial charge on any atom is -0.467 e. The summed E-state index contributed by atoms with van der Waals surface area (Å²) >= 11 is 6.24. The largest absolute Gasteiger partial charge is 0.467 e. The zero-order chi connectivity index (χ0) is 24.1. The zero-order valence-electron chi connectivity index (χ0n) is 18.3. The first-order valence-corrected chi connectivity index (χ1v) is 12.7. The summed E-state index contributed by atoms with van der Waals surface area (Å²) in [6.45, 7) is 1.09. The molecule has 2 heterocycles. The molecule has 0 bridgehead atoms. The normalized spacial score (nSPS) is 14.5. The molecule has 1 aliphatic rings. The molecule has 1 aromatic heterocycles. The summed E-state index contributed by atoms with van der Waals surface area (Å²) in [5.74, 6) is -0.430. The third-order valence-corrected chi connectivity index (χ3v) is 7.78. The van der Waals surface area contributed by atoms with Crippen LogP contribution in [-0.2, 0) is 16.6 Å². The first kappa shape index (κ1) is 24.0. The number of rotatable bonds is 7. The average molecular weight is 502 g/mol. The summed E-state index contributed by atoms with van der Waals surface area (Å²) in [6.07, 6.45) is 4.12. The van der Waals surface area contributed by atoms with Crippen molar-refractivity contribution in [3.63, 3.8) is 0 Å². The highest BCUT2D eigenvalue weighted by atomic mass is 35.5. The van der Waals surface area contributed by atoms with Gasteiger partial charge in [-0.2, -0.15) is 4.31 Å². The Hall–Kier alpha value is -3.14. The Morgan fingerprint density at radius 3 is 2.44 bits per heavy atom. The van der Waals surface area contributed by atoms with Crippen LogP contribution in [0.15, 0.2) is 70.2 Å². The topological polar surface area (TPSA) is 109 Å². The molecule has 0 radical (unpaired) electrons. The second-order valence-corrected chi connectivity index (χ2v) is 10.2. The van der Waals surface area contributed by atoms with Gasteiger partial charge in [-0.1, -0.05) is 30.2 Å². The number of carbonyl (C=O) groups is 2. The van der Waals surface area contributed by atoms with Crippen molar-refractivity contribution in [2.45, 2.75) is 30.7 Å². The van der Waals surface area contributed by atoms with Crippen LogP contribution in [0, 0.1) is 0 Å². The van der Waals surface area contributed by atoms with Gasteiger partial charge in [0.05, 0.1) is 39.5 Å². The minimum atomic E-state index is -3.74. The van der Waals surface area contributed by atoms with Crippen LogP contribution in [0.5, 0.6) is 0 Å². The number of para-hydroxylation sites is 1. The Bertz CT molecular complexity index is 1290. The molecule has 0 unspecified atom stereocenters. The van der Waals surface area contributed by atoms with E-state index in [0.29, 0.717) is 18.8 Å². The number of sulfonamides is 1. The molecule has 0 spiro atoms. The molecule has 0 atom stereocenters. The molecule has 2 N–H and O–H groups in total. The highest BCUT2D eigenvalue weighted by Crippen LogP contribution is 2.26. The molecular weight excluding hydrogens is 478 g/mol. The van der Waals surface area contributed by atoms with Crippen LogP contribution >= 0.6 is 11.6 Å². The number of benzene rings is 2. The molecule has 2 aromatic carbocycles. The van der Waals surface area contributed by atoms with Gasteiger partial charge in [-0.15, -0.1) is 0 Å². The quantitative estimate of drug-likeness (QED) is 0.502. The number of hydrogen-bond donors (Lipinski definition) is 2. The lowest BCUT2D eigenvalue weighted by atomic mass is 10.1. The number of carbonyl (C=O) groups excluding carboxylic acids is 2. The maximum Gasteiger partial charge on any atom is 0.257 e. The molecule has 10 heteroatoms. The number of hydrogen-bond acceptors (Lipinski definition) is 5. The van der Waals surface area contributed by atoms with Crippen molar-refractivity contribution in [2.24, 2.45) is 0 Å². The molecule has 4 rings (SSSR count). The van der Waals surface area contributed by atoms with Crippen molar-refractivity contribution in [2.75, 3.05) is 18.4 Å². The molecule has 8 nitrogen and oxygen atoms in total. The summed E-state index contributed by atoms with van der Waals surface area (Å²) in [7, 11) is -3.74. The van der Waals surface area contributed by atoms with E-state index in [0.717, 1.165) is 19.3 Å². The van der Waals surface area contributed by atoms with E-state index in [4.69, 9.17) is 16.0 Å². The number of amides is 2. The van der Waals surface area contributed by atoms with Crippen molar-refractivity contribution in [3.05, 3.63) is 82.8 Å². The maximum absolute atomic E-state index is 13.1. The van der Waals surface area contributed by atoms with E-state index in [-0.39, 0.29) is 33.3 Å². The van der Waals surface area contributed by atoms with Crippen molar-refractivity contribution in [3.8, 4) is 0 Å². The van der Waals surface area contributed by atoms with Crippen LogP contribution in [0.25, 0.3) is 0 Å². The van der Waals surface area contributed by atoms with Crippen LogP contribution in [-0.4, -0.2) is 37.6 Å². The first-order chi connectivity index (χ1) is 16.4. The summed E-state index contributed by atoms with van der Waals surface area (Å²) in [5.41, 5.74) is 0.519.